The van der Waals surface area contributed by atoms with E-state index in [1.165, 1.54) is 0 Å². The zero-order valence-corrected chi connectivity index (χ0v) is 10.4. The lowest BCUT2D eigenvalue weighted by atomic mass is 10.3. The molecule has 2 amide bonds. The van der Waals surface area contributed by atoms with Crippen LogP contribution in [-0.2, 0) is 0 Å². The largest absolute Gasteiger partial charge is 0.392 e. The van der Waals surface area contributed by atoms with Gasteiger partial charge in [-0.3, -0.25) is 4.98 Å². The summed E-state index contributed by atoms with van der Waals surface area (Å²) in [6, 6.07) is 3.32. The van der Waals surface area contributed by atoms with Gasteiger partial charge in [-0.1, -0.05) is 0 Å². The van der Waals surface area contributed by atoms with Gasteiger partial charge in [-0.25, -0.2) is 4.79 Å². The molecule has 5 nitrogen and oxygen atoms in total. The lowest BCUT2D eigenvalue weighted by Crippen LogP contribution is -2.43. The summed E-state index contributed by atoms with van der Waals surface area (Å²) >= 11 is 0. The summed E-state index contributed by atoms with van der Waals surface area (Å²) in [7, 11) is 0. The molecule has 1 heterocycles. The lowest BCUT2D eigenvalue weighted by molar-refractivity contribution is 0.125. The van der Waals surface area contributed by atoms with Crippen molar-refractivity contribution in [3.8, 4) is 0 Å². The topological polar surface area (TPSA) is 65.5 Å². The molecular weight excluding hydrogens is 218 g/mol. The Labute approximate surface area is 101 Å². The van der Waals surface area contributed by atoms with Crippen molar-refractivity contribution in [2.24, 2.45) is 0 Å². The van der Waals surface area contributed by atoms with Crippen LogP contribution in [0, 0.1) is 0 Å². The van der Waals surface area contributed by atoms with Crippen LogP contribution in [0.25, 0.3) is 0 Å². The number of anilines is 1. The Morgan fingerprint density at radius 2 is 2.24 bits per heavy atom. The summed E-state index contributed by atoms with van der Waals surface area (Å²) in [6.07, 6.45) is 2.68. The van der Waals surface area contributed by atoms with E-state index in [4.69, 9.17) is 0 Å². The summed E-state index contributed by atoms with van der Waals surface area (Å²) in [6.45, 7) is 5.78. The first-order valence-electron chi connectivity index (χ1n) is 5.66. The SMILES string of the molecule is CC(C)N(C[C@H](C)O)C(=O)Nc1cccnc1. The van der Waals surface area contributed by atoms with E-state index in [9.17, 15) is 9.90 Å². The van der Waals surface area contributed by atoms with E-state index in [1.807, 2.05) is 13.8 Å². The van der Waals surface area contributed by atoms with Crippen molar-refractivity contribution in [3.05, 3.63) is 24.5 Å². The smallest absolute Gasteiger partial charge is 0.322 e. The van der Waals surface area contributed by atoms with Crippen molar-refractivity contribution in [2.45, 2.75) is 32.9 Å². The number of urea groups is 1. The Kier molecular flexibility index (Phi) is 4.90. The van der Waals surface area contributed by atoms with Crippen LogP contribution < -0.4 is 5.32 Å². The van der Waals surface area contributed by atoms with Gasteiger partial charge in [0.15, 0.2) is 0 Å². The molecule has 0 saturated carbocycles. The van der Waals surface area contributed by atoms with Crippen LogP contribution >= 0.6 is 0 Å². The molecule has 0 radical (unpaired) electrons. The van der Waals surface area contributed by atoms with Crippen molar-refractivity contribution in [3.63, 3.8) is 0 Å². The number of nitrogens with zero attached hydrogens (tertiary/aromatic N) is 2. The number of pyridine rings is 1. The first-order chi connectivity index (χ1) is 8.00. The molecule has 1 atom stereocenters. The first-order valence-corrected chi connectivity index (χ1v) is 5.66. The third-order valence-electron chi connectivity index (χ3n) is 2.26. The number of aromatic nitrogens is 1. The molecular formula is C12H19N3O2. The maximum Gasteiger partial charge on any atom is 0.322 e. The molecule has 1 rings (SSSR count). The van der Waals surface area contributed by atoms with Crippen molar-refractivity contribution in [2.75, 3.05) is 11.9 Å². The van der Waals surface area contributed by atoms with Crippen molar-refractivity contribution >= 4 is 11.7 Å². The van der Waals surface area contributed by atoms with Gasteiger partial charge in [-0.05, 0) is 32.9 Å². The lowest BCUT2D eigenvalue weighted by Gasteiger charge is -2.28. The average Bonchev–Trinajstić information content (AvgIpc) is 2.26. The van der Waals surface area contributed by atoms with Crippen LogP contribution in [0.4, 0.5) is 10.5 Å². The molecule has 0 saturated heterocycles. The standard InChI is InChI=1S/C12H19N3O2/c1-9(2)15(8-10(3)16)12(17)14-11-5-4-6-13-7-11/h4-7,9-10,16H,8H2,1-3H3,(H,14,17)/t10-/m0/s1. The Hall–Kier alpha value is -1.62. The number of nitrogens with one attached hydrogen (secondary N) is 1. The zero-order valence-electron chi connectivity index (χ0n) is 10.4. The summed E-state index contributed by atoms with van der Waals surface area (Å²) in [4.78, 5) is 17.5. The third-order valence-corrected chi connectivity index (χ3v) is 2.26. The van der Waals surface area contributed by atoms with Crippen LogP contribution in [0.5, 0.6) is 0 Å². The summed E-state index contributed by atoms with van der Waals surface area (Å²) in [5.41, 5.74) is 0.647. The highest BCUT2D eigenvalue weighted by Gasteiger charge is 2.18. The normalized spacial score (nSPS) is 12.3. The molecule has 0 fully saturated rings. The molecule has 5 heteroatoms. The maximum absolute atomic E-state index is 12.0. The first kappa shape index (κ1) is 13.4. The molecule has 0 bridgehead atoms. The fraction of sp³-hybridized carbons (Fsp3) is 0.500. The van der Waals surface area contributed by atoms with Gasteiger partial charge in [0.05, 0.1) is 18.0 Å². The second-order valence-electron chi connectivity index (χ2n) is 4.27. The molecule has 0 spiro atoms. The van der Waals surface area contributed by atoms with Gasteiger partial charge in [0, 0.05) is 18.8 Å². The minimum absolute atomic E-state index is 0.0290. The van der Waals surface area contributed by atoms with Crippen LogP contribution in [0.1, 0.15) is 20.8 Å². The molecule has 1 aromatic rings. The number of aliphatic hydroxyl groups is 1. The van der Waals surface area contributed by atoms with Crippen LogP contribution in [0.2, 0.25) is 0 Å². The molecule has 17 heavy (non-hydrogen) atoms. The number of carbonyl (C=O) groups excluding carboxylic acids is 1. The highest BCUT2D eigenvalue weighted by atomic mass is 16.3. The Morgan fingerprint density at radius 3 is 2.71 bits per heavy atom. The molecule has 1 aromatic heterocycles. The average molecular weight is 237 g/mol. The van der Waals surface area contributed by atoms with E-state index in [-0.39, 0.29) is 12.1 Å². The van der Waals surface area contributed by atoms with E-state index in [0.29, 0.717) is 12.2 Å². The van der Waals surface area contributed by atoms with Crippen LogP contribution in [0.15, 0.2) is 24.5 Å². The third kappa shape index (κ3) is 4.40. The van der Waals surface area contributed by atoms with Gasteiger partial charge in [0.1, 0.15) is 0 Å². The molecule has 94 valence electrons. The quantitative estimate of drug-likeness (QED) is 0.837. The number of rotatable bonds is 4. The van der Waals surface area contributed by atoms with Gasteiger partial charge in [-0.2, -0.15) is 0 Å². The second-order valence-corrected chi connectivity index (χ2v) is 4.27. The van der Waals surface area contributed by atoms with Crippen molar-refractivity contribution in [1.82, 2.24) is 9.88 Å². The van der Waals surface area contributed by atoms with Gasteiger partial charge < -0.3 is 15.3 Å². The highest BCUT2D eigenvalue weighted by Crippen LogP contribution is 2.07. The predicted octanol–water partition coefficient (Wildman–Crippen LogP) is 1.70. The van der Waals surface area contributed by atoms with E-state index in [1.54, 1.807) is 36.4 Å². The monoisotopic (exact) mass is 237 g/mol. The second kappa shape index (κ2) is 6.20. The number of hydrogen-bond acceptors (Lipinski definition) is 3. The minimum Gasteiger partial charge on any atom is -0.392 e. The number of hydrogen-bond donors (Lipinski definition) is 2. The van der Waals surface area contributed by atoms with Gasteiger partial charge in [0.2, 0.25) is 0 Å². The van der Waals surface area contributed by atoms with Gasteiger partial charge in [0.25, 0.3) is 0 Å². The van der Waals surface area contributed by atoms with E-state index >= 15 is 0 Å². The summed E-state index contributed by atoms with van der Waals surface area (Å²) in [5, 5.41) is 12.1. The number of aliphatic hydroxyl groups excluding tert-OH is 1. The van der Waals surface area contributed by atoms with Crippen molar-refractivity contribution < 1.29 is 9.90 Å². The molecule has 2 N–H and O–H groups in total. The molecule has 0 aliphatic carbocycles. The van der Waals surface area contributed by atoms with E-state index in [0.717, 1.165) is 0 Å². The molecule has 0 aliphatic heterocycles. The van der Waals surface area contributed by atoms with Crippen LogP contribution in [-0.4, -0.2) is 39.7 Å². The van der Waals surface area contributed by atoms with E-state index in [2.05, 4.69) is 10.3 Å². The Bertz CT molecular complexity index is 352. The Balaban J connectivity index is 2.66. The van der Waals surface area contributed by atoms with Crippen LogP contribution in [0.3, 0.4) is 0 Å². The summed E-state index contributed by atoms with van der Waals surface area (Å²) < 4.78 is 0. The van der Waals surface area contributed by atoms with Gasteiger partial charge >= 0.3 is 6.03 Å². The highest BCUT2D eigenvalue weighted by molar-refractivity contribution is 5.89. The number of amides is 2. The minimum atomic E-state index is -0.544. The fourth-order valence-corrected chi connectivity index (χ4v) is 1.44. The van der Waals surface area contributed by atoms with Crippen molar-refractivity contribution in [1.29, 1.82) is 0 Å². The Morgan fingerprint density at radius 1 is 1.53 bits per heavy atom. The number of carbonyl (C=O) groups is 1. The molecule has 0 unspecified atom stereocenters. The fourth-order valence-electron chi connectivity index (χ4n) is 1.44. The zero-order chi connectivity index (χ0) is 12.8. The van der Waals surface area contributed by atoms with E-state index < -0.39 is 6.10 Å². The van der Waals surface area contributed by atoms with Gasteiger partial charge in [-0.15, -0.1) is 0 Å². The molecule has 0 aliphatic rings. The predicted molar refractivity (Wildman–Crippen MR) is 66.8 cm³/mol. The molecule has 0 aromatic carbocycles. The summed E-state index contributed by atoms with van der Waals surface area (Å²) in [5.74, 6) is 0. The maximum atomic E-state index is 12.0.